The topological polar surface area (TPSA) is 58.9 Å². The highest BCUT2D eigenvalue weighted by molar-refractivity contribution is 6.58. The van der Waals surface area contributed by atoms with Gasteiger partial charge in [-0.05, 0) is 24.5 Å². The van der Waals surface area contributed by atoms with Gasteiger partial charge >= 0.3 is 7.12 Å². The van der Waals surface area contributed by atoms with E-state index in [9.17, 15) is 4.39 Å². The molecule has 18 heavy (non-hydrogen) atoms. The molecule has 1 aromatic carbocycles. The van der Waals surface area contributed by atoms with E-state index in [4.69, 9.17) is 19.5 Å². The lowest BCUT2D eigenvalue weighted by Crippen LogP contribution is -2.33. The third kappa shape index (κ3) is 3.52. The molecule has 98 valence electrons. The van der Waals surface area contributed by atoms with Gasteiger partial charge in [-0.25, -0.2) is 4.39 Å². The van der Waals surface area contributed by atoms with Gasteiger partial charge in [-0.1, -0.05) is 12.1 Å². The van der Waals surface area contributed by atoms with E-state index in [0.29, 0.717) is 19.8 Å². The van der Waals surface area contributed by atoms with E-state index in [0.717, 1.165) is 18.4 Å². The SMILES string of the molecule is OB(O)c1cc(COC2CCOCC2)ccc1F. The van der Waals surface area contributed by atoms with Crippen LogP contribution < -0.4 is 5.46 Å². The average Bonchev–Trinajstić information content (AvgIpc) is 2.38. The van der Waals surface area contributed by atoms with Gasteiger partial charge in [-0.15, -0.1) is 0 Å². The molecule has 0 aromatic heterocycles. The van der Waals surface area contributed by atoms with Crippen LogP contribution in [0.1, 0.15) is 18.4 Å². The van der Waals surface area contributed by atoms with Gasteiger partial charge < -0.3 is 19.5 Å². The largest absolute Gasteiger partial charge is 0.491 e. The molecule has 1 aromatic rings. The first-order valence-corrected chi connectivity index (χ1v) is 6.00. The summed E-state index contributed by atoms with van der Waals surface area (Å²) in [6.07, 6.45) is 1.87. The van der Waals surface area contributed by atoms with Crippen LogP contribution in [0.25, 0.3) is 0 Å². The minimum atomic E-state index is -1.80. The van der Waals surface area contributed by atoms with Crippen molar-refractivity contribution < 1.29 is 23.9 Å². The Morgan fingerprint density at radius 1 is 1.33 bits per heavy atom. The van der Waals surface area contributed by atoms with E-state index in [1.54, 1.807) is 6.07 Å². The Morgan fingerprint density at radius 3 is 2.72 bits per heavy atom. The fourth-order valence-corrected chi connectivity index (χ4v) is 1.94. The van der Waals surface area contributed by atoms with Crippen LogP contribution in [0.5, 0.6) is 0 Å². The Hall–Kier alpha value is -0.945. The third-order valence-corrected chi connectivity index (χ3v) is 2.99. The molecule has 6 heteroatoms. The van der Waals surface area contributed by atoms with Crippen LogP contribution in [-0.4, -0.2) is 36.5 Å². The lowest BCUT2D eigenvalue weighted by Gasteiger charge is -2.22. The van der Waals surface area contributed by atoms with Gasteiger partial charge in [-0.2, -0.15) is 0 Å². The second-order valence-electron chi connectivity index (χ2n) is 4.35. The number of ether oxygens (including phenoxy) is 2. The summed E-state index contributed by atoms with van der Waals surface area (Å²) in [6.45, 7) is 1.74. The summed E-state index contributed by atoms with van der Waals surface area (Å²) in [5.41, 5.74) is 0.606. The molecule has 0 amide bonds. The van der Waals surface area contributed by atoms with Crippen LogP contribution in [0.15, 0.2) is 18.2 Å². The molecule has 0 atom stereocenters. The zero-order valence-corrected chi connectivity index (χ0v) is 10.0. The Bertz CT molecular complexity index is 394. The summed E-state index contributed by atoms with van der Waals surface area (Å²) in [5, 5.41) is 18.0. The second kappa shape index (κ2) is 6.29. The monoisotopic (exact) mass is 254 g/mol. The average molecular weight is 254 g/mol. The molecule has 1 heterocycles. The Morgan fingerprint density at radius 2 is 2.06 bits per heavy atom. The van der Waals surface area contributed by atoms with Crippen molar-refractivity contribution in [1.29, 1.82) is 0 Å². The lowest BCUT2D eigenvalue weighted by molar-refractivity contribution is -0.0390. The van der Waals surface area contributed by atoms with Gasteiger partial charge in [0.1, 0.15) is 5.82 Å². The van der Waals surface area contributed by atoms with Crippen LogP contribution in [0.3, 0.4) is 0 Å². The molecule has 0 saturated carbocycles. The van der Waals surface area contributed by atoms with E-state index in [1.807, 2.05) is 0 Å². The molecular weight excluding hydrogens is 238 g/mol. The summed E-state index contributed by atoms with van der Waals surface area (Å²) < 4.78 is 24.1. The van der Waals surface area contributed by atoms with Gasteiger partial charge in [0, 0.05) is 18.7 Å². The third-order valence-electron chi connectivity index (χ3n) is 2.99. The molecule has 1 aliphatic rings. The summed E-state index contributed by atoms with van der Waals surface area (Å²) in [4.78, 5) is 0. The van der Waals surface area contributed by atoms with E-state index >= 15 is 0 Å². The lowest BCUT2D eigenvalue weighted by atomic mass is 9.79. The highest BCUT2D eigenvalue weighted by atomic mass is 19.1. The van der Waals surface area contributed by atoms with Crippen molar-refractivity contribution in [2.75, 3.05) is 13.2 Å². The zero-order valence-electron chi connectivity index (χ0n) is 10.0. The van der Waals surface area contributed by atoms with E-state index in [1.165, 1.54) is 12.1 Å². The minimum Gasteiger partial charge on any atom is -0.423 e. The highest BCUT2D eigenvalue weighted by Crippen LogP contribution is 2.13. The molecule has 0 aliphatic carbocycles. The van der Waals surface area contributed by atoms with Crippen molar-refractivity contribution in [3.8, 4) is 0 Å². The second-order valence-corrected chi connectivity index (χ2v) is 4.35. The number of rotatable bonds is 4. The van der Waals surface area contributed by atoms with Crippen LogP contribution in [0.2, 0.25) is 0 Å². The fraction of sp³-hybridized carbons (Fsp3) is 0.500. The highest BCUT2D eigenvalue weighted by Gasteiger charge is 2.18. The summed E-state index contributed by atoms with van der Waals surface area (Å²) in [7, 11) is -1.80. The van der Waals surface area contributed by atoms with E-state index in [-0.39, 0.29) is 11.6 Å². The van der Waals surface area contributed by atoms with Crippen molar-refractivity contribution in [2.45, 2.75) is 25.6 Å². The van der Waals surface area contributed by atoms with Gasteiger partial charge in [0.25, 0.3) is 0 Å². The van der Waals surface area contributed by atoms with Crippen LogP contribution >= 0.6 is 0 Å². The zero-order chi connectivity index (χ0) is 13.0. The normalized spacial score (nSPS) is 16.8. The quantitative estimate of drug-likeness (QED) is 0.753. The molecule has 0 unspecified atom stereocenters. The first kappa shape index (κ1) is 13.5. The van der Waals surface area contributed by atoms with Crippen molar-refractivity contribution in [3.63, 3.8) is 0 Å². The molecule has 0 bridgehead atoms. The predicted octanol–water partition coefficient (Wildman–Crippen LogP) is 0.201. The molecule has 2 N–H and O–H groups in total. The molecular formula is C12H16BFO4. The molecule has 1 fully saturated rings. The van der Waals surface area contributed by atoms with Gasteiger partial charge in [-0.3, -0.25) is 0 Å². The molecule has 0 spiro atoms. The number of hydrogen-bond acceptors (Lipinski definition) is 4. The maximum atomic E-state index is 13.2. The predicted molar refractivity (Wildman–Crippen MR) is 64.9 cm³/mol. The molecule has 0 radical (unpaired) electrons. The number of benzene rings is 1. The smallest absolute Gasteiger partial charge is 0.423 e. The first-order valence-electron chi connectivity index (χ1n) is 6.00. The maximum absolute atomic E-state index is 13.2. The number of halogens is 1. The summed E-state index contributed by atoms with van der Waals surface area (Å²) in [6, 6.07) is 4.22. The van der Waals surface area contributed by atoms with E-state index in [2.05, 4.69) is 0 Å². The molecule has 1 saturated heterocycles. The Kier molecular flexibility index (Phi) is 4.71. The van der Waals surface area contributed by atoms with Crippen LogP contribution in [-0.2, 0) is 16.1 Å². The van der Waals surface area contributed by atoms with Gasteiger partial charge in [0.2, 0.25) is 0 Å². The van der Waals surface area contributed by atoms with Crippen molar-refractivity contribution >= 4 is 12.6 Å². The van der Waals surface area contributed by atoms with Gasteiger partial charge in [0.15, 0.2) is 0 Å². The Labute approximate surface area is 105 Å². The van der Waals surface area contributed by atoms with Gasteiger partial charge in [0.05, 0.1) is 12.7 Å². The first-order chi connectivity index (χ1) is 8.66. The summed E-state index contributed by atoms with van der Waals surface area (Å²) >= 11 is 0. The fourth-order valence-electron chi connectivity index (χ4n) is 1.94. The number of hydrogen-bond donors (Lipinski definition) is 2. The van der Waals surface area contributed by atoms with Crippen LogP contribution in [0, 0.1) is 5.82 Å². The minimum absolute atomic E-state index is 0.122. The molecule has 4 nitrogen and oxygen atoms in total. The molecule has 2 rings (SSSR count). The molecule has 1 aliphatic heterocycles. The van der Waals surface area contributed by atoms with Crippen molar-refractivity contribution in [2.24, 2.45) is 0 Å². The summed E-state index contributed by atoms with van der Waals surface area (Å²) in [5.74, 6) is -0.625. The standard InChI is InChI=1S/C12H16BFO4/c14-12-2-1-9(7-11(12)13(15)16)8-18-10-3-5-17-6-4-10/h1-2,7,10,15-16H,3-6,8H2. The maximum Gasteiger partial charge on any atom is 0.491 e. The van der Waals surface area contributed by atoms with Crippen molar-refractivity contribution in [3.05, 3.63) is 29.6 Å². The van der Waals surface area contributed by atoms with Crippen LogP contribution in [0.4, 0.5) is 4.39 Å². The Balaban J connectivity index is 1.94. The van der Waals surface area contributed by atoms with E-state index < -0.39 is 12.9 Å². The van der Waals surface area contributed by atoms with Crippen molar-refractivity contribution in [1.82, 2.24) is 0 Å².